The first-order valence-electron chi connectivity index (χ1n) is 6.05. The van der Waals surface area contributed by atoms with E-state index in [9.17, 15) is 4.79 Å². The Balaban J connectivity index is 2.31. The van der Waals surface area contributed by atoms with Crippen molar-refractivity contribution >= 4 is 10.9 Å². The SMILES string of the molecule is NCc1cccc(-n2cnc(=O)c3ccccc32)c1. The molecule has 0 saturated carbocycles. The van der Waals surface area contributed by atoms with Crippen molar-refractivity contribution in [2.75, 3.05) is 0 Å². The number of fused-ring (bicyclic) bond motifs is 1. The van der Waals surface area contributed by atoms with Gasteiger partial charge in [-0.25, -0.2) is 0 Å². The molecule has 0 atom stereocenters. The first-order chi connectivity index (χ1) is 9.29. The zero-order valence-corrected chi connectivity index (χ0v) is 10.3. The van der Waals surface area contributed by atoms with Gasteiger partial charge in [0.05, 0.1) is 10.9 Å². The second-order valence-electron chi connectivity index (χ2n) is 4.31. The summed E-state index contributed by atoms with van der Waals surface area (Å²) in [6.45, 7) is 0.486. The predicted molar refractivity (Wildman–Crippen MR) is 75.2 cm³/mol. The summed E-state index contributed by atoms with van der Waals surface area (Å²) in [7, 11) is 0. The number of hydrogen-bond acceptors (Lipinski definition) is 3. The Morgan fingerprint density at radius 2 is 1.95 bits per heavy atom. The summed E-state index contributed by atoms with van der Waals surface area (Å²) in [5, 5.41) is 0.614. The molecule has 0 aliphatic rings. The van der Waals surface area contributed by atoms with Crippen LogP contribution in [0.25, 0.3) is 16.6 Å². The van der Waals surface area contributed by atoms with Crippen molar-refractivity contribution in [1.29, 1.82) is 0 Å². The second-order valence-corrected chi connectivity index (χ2v) is 4.31. The molecular formula is C15H13N3O. The van der Waals surface area contributed by atoms with Gasteiger partial charge in [-0.3, -0.25) is 4.79 Å². The van der Waals surface area contributed by atoms with Crippen LogP contribution < -0.4 is 11.3 Å². The maximum Gasteiger partial charge on any atom is 0.280 e. The molecule has 4 heteroatoms. The van der Waals surface area contributed by atoms with Gasteiger partial charge in [0.15, 0.2) is 0 Å². The Bertz CT molecular complexity index is 792. The highest BCUT2D eigenvalue weighted by Gasteiger charge is 2.05. The number of nitrogens with two attached hydrogens (primary N) is 1. The number of nitrogens with zero attached hydrogens (tertiary/aromatic N) is 2. The van der Waals surface area contributed by atoms with Crippen molar-refractivity contribution in [3.05, 3.63) is 70.8 Å². The second kappa shape index (κ2) is 4.66. The van der Waals surface area contributed by atoms with E-state index in [1.807, 2.05) is 47.0 Å². The highest BCUT2D eigenvalue weighted by atomic mass is 16.1. The quantitative estimate of drug-likeness (QED) is 0.756. The highest BCUT2D eigenvalue weighted by molar-refractivity contribution is 5.79. The number of para-hydroxylation sites is 1. The monoisotopic (exact) mass is 251 g/mol. The lowest BCUT2D eigenvalue weighted by molar-refractivity contribution is 1.000. The van der Waals surface area contributed by atoms with Gasteiger partial charge in [-0.05, 0) is 29.8 Å². The van der Waals surface area contributed by atoms with Gasteiger partial charge in [0, 0.05) is 12.2 Å². The maximum atomic E-state index is 11.7. The van der Waals surface area contributed by atoms with Crippen LogP contribution in [0.5, 0.6) is 0 Å². The summed E-state index contributed by atoms with van der Waals surface area (Å²) in [4.78, 5) is 15.7. The Morgan fingerprint density at radius 1 is 1.11 bits per heavy atom. The largest absolute Gasteiger partial charge is 0.326 e. The van der Waals surface area contributed by atoms with Crippen LogP contribution in [-0.4, -0.2) is 9.55 Å². The van der Waals surface area contributed by atoms with Gasteiger partial charge in [-0.2, -0.15) is 4.98 Å². The van der Waals surface area contributed by atoms with Gasteiger partial charge in [0.1, 0.15) is 6.33 Å². The average Bonchev–Trinajstić information content (AvgIpc) is 2.48. The van der Waals surface area contributed by atoms with Gasteiger partial charge >= 0.3 is 0 Å². The summed E-state index contributed by atoms with van der Waals surface area (Å²) >= 11 is 0. The van der Waals surface area contributed by atoms with Crippen molar-refractivity contribution in [3.8, 4) is 5.69 Å². The molecule has 1 aromatic heterocycles. The minimum absolute atomic E-state index is 0.207. The molecule has 19 heavy (non-hydrogen) atoms. The number of rotatable bonds is 2. The number of benzene rings is 2. The fourth-order valence-corrected chi connectivity index (χ4v) is 2.15. The normalized spacial score (nSPS) is 10.8. The van der Waals surface area contributed by atoms with E-state index in [2.05, 4.69) is 4.98 Å². The summed E-state index contributed by atoms with van der Waals surface area (Å²) in [6.07, 6.45) is 1.56. The van der Waals surface area contributed by atoms with Gasteiger partial charge in [-0.15, -0.1) is 0 Å². The van der Waals surface area contributed by atoms with Crippen molar-refractivity contribution < 1.29 is 0 Å². The average molecular weight is 251 g/mol. The zero-order valence-electron chi connectivity index (χ0n) is 10.3. The van der Waals surface area contributed by atoms with Crippen LogP contribution in [-0.2, 0) is 6.54 Å². The third kappa shape index (κ3) is 2.02. The fraction of sp³-hybridized carbons (Fsp3) is 0.0667. The molecule has 3 rings (SSSR count). The van der Waals surface area contributed by atoms with Gasteiger partial charge in [0.2, 0.25) is 0 Å². The Labute approximate surface area is 110 Å². The summed E-state index contributed by atoms with van der Waals surface area (Å²) in [6, 6.07) is 15.3. The van der Waals surface area contributed by atoms with E-state index in [0.717, 1.165) is 16.8 Å². The zero-order chi connectivity index (χ0) is 13.2. The van der Waals surface area contributed by atoms with Crippen LogP contribution in [0, 0.1) is 0 Å². The summed E-state index contributed by atoms with van der Waals surface area (Å²) < 4.78 is 1.90. The molecule has 0 bridgehead atoms. The molecular weight excluding hydrogens is 238 g/mol. The molecule has 4 nitrogen and oxygen atoms in total. The lowest BCUT2D eigenvalue weighted by Crippen LogP contribution is -2.11. The van der Waals surface area contributed by atoms with E-state index in [-0.39, 0.29) is 5.56 Å². The maximum absolute atomic E-state index is 11.7. The minimum Gasteiger partial charge on any atom is -0.326 e. The smallest absolute Gasteiger partial charge is 0.280 e. The Hall–Kier alpha value is -2.46. The van der Waals surface area contributed by atoms with E-state index < -0.39 is 0 Å². The lowest BCUT2D eigenvalue weighted by atomic mass is 10.2. The standard InChI is InChI=1S/C15H13N3O/c16-9-11-4-3-5-12(8-11)18-10-17-15(19)13-6-1-2-7-14(13)18/h1-8,10H,9,16H2. The molecule has 0 spiro atoms. The van der Waals surface area contributed by atoms with Crippen LogP contribution in [0.4, 0.5) is 0 Å². The van der Waals surface area contributed by atoms with Crippen LogP contribution in [0.2, 0.25) is 0 Å². The van der Waals surface area contributed by atoms with E-state index in [1.165, 1.54) is 0 Å². The fourth-order valence-electron chi connectivity index (χ4n) is 2.15. The van der Waals surface area contributed by atoms with Crippen LogP contribution in [0.1, 0.15) is 5.56 Å². The molecule has 2 N–H and O–H groups in total. The molecule has 1 heterocycles. The van der Waals surface area contributed by atoms with Crippen molar-refractivity contribution in [2.24, 2.45) is 5.73 Å². The van der Waals surface area contributed by atoms with Crippen molar-refractivity contribution in [3.63, 3.8) is 0 Å². The predicted octanol–water partition coefficient (Wildman–Crippen LogP) is 1.84. The van der Waals surface area contributed by atoms with Gasteiger partial charge < -0.3 is 10.3 Å². The van der Waals surface area contributed by atoms with Crippen LogP contribution in [0.15, 0.2) is 59.7 Å². The Morgan fingerprint density at radius 3 is 2.79 bits per heavy atom. The first kappa shape index (κ1) is 11.6. The third-order valence-electron chi connectivity index (χ3n) is 3.11. The van der Waals surface area contributed by atoms with Crippen LogP contribution >= 0.6 is 0 Å². The summed E-state index contributed by atoms with van der Waals surface area (Å²) in [5.74, 6) is 0. The van der Waals surface area contributed by atoms with Gasteiger partial charge in [-0.1, -0.05) is 24.3 Å². The topological polar surface area (TPSA) is 60.9 Å². The van der Waals surface area contributed by atoms with E-state index in [0.29, 0.717) is 11.9 Å². The Kier molecular flexibility index (Phi) is 2.85. The molecule has 0 amide bonds. The number of aromatic nitrogens is 2. The van der Waals surface area contributed by atoms with E-state index in [1.54, 1.807) is 12.4 Å². The molecule has 0 saturated heterocycles. The molecule has 3 aromatic rings. The molecule has 0 aliphatic carbocycles. The first-order valence-corrected chi connectivity index (χ1v) is 6.05. The van der Waals surface area contributed by atoms with Crippen molar-refractivity contribution in [1.82, 2.24) is 9.55 Å². The highest BCUT2D eigenvalue weighted by Crippen LogP contribution is 2.16. The molecule has 0 unspecified atom stereocenters. The molecule has 94 valence electrons. The molecule has 2 aromatic carbocycles. The molecule has 0 aliphatic heterocycles. The molecule has 0 radical (unpaired) electrons. The minimum atomic E-state index is -0.207. The van der Waals surface area contributed by atoms with Crippen LogP contribution in [0.3, 0.4) is 0 Å². The van der Waals surface area contributed by atoms with E-state index >= 15 is 0 Å². The third-order valence-corrected chi connectivity index (χ3v) is 3.11. The number of hydrogen-bond donors (Lipinski definition) is 1. The van der Waals surface area contributed by atoms with Crippen molar-refractivity contribution in [2.45, 2.75) is 6.54 Å². The summed E-state index contributed by atoms with van der Waals surface area (Å²) in [5.41, 5.74) is 8.29. The van der Waals surface area contributed by atoms with E-state index in [4.69, 9.17) is 5.73 Å². The molecule has 0 fully saturated rings. The lowest BCUT2D eigenvalue weighted by Gasteiger charge is -2.10. The van der Waals surface area contributed by atoms with Gasteiger partial charge in [0.25, 0.3) is 5.56 Å².